The van der Waals surface area contributed by atoms with Crippen molar-refractivity contribution in [2.45, 2.75) is 35.5 Å². The first-order chi connectivity index (χ1) is 13.0. The molecule has 1 aromatic carbocycles. The van der Waals surface area contributed by atoms with Crippen molar-refractivity contribution in [3.8, 4) is 5.75 Å². The maximum Gasteiger partial charge on any atom is 0.339 e. The van der Waals surface area contributed by atoms with Crippen LogP contribution in [0.25, 0.3) is 0 Å². The standard InChI is InChI=1S/C18H25N3O6S/c1-28(20,26)8-12-10(11-4-15(11)28)2-3-14(16(12)18(24)25)27-9-5-21(6-9)17(23)13(19)7-22/h2-3,9,11,13,15,22H,4-8,19H2,1H3,(H2,20,26)(H,24,25). The number of aromatic carboxylic acids is 1. The molecule has 2 fully saturated rings. The van der Waals surface area contributed by atoms with Gasteiger partial charge in [0, 0.05) is 17.3 Å². The van der Waals surface area contributed by atoms with Gasteiger partial charge in [-0.3, -0.25) is 14.1 Å². The summed E-state index contributed by atoms with van der Waals surface area (Å²) < 4.78 is 19.0. The summed E-state index contributed by atoms with van der Waals surface area (Å²) in [5, 5.41) is 24.9. The van der Waals surface area contributed by atoms with E-state index in [4.69, 9.17) is 20.7 Å². The summed E-state index contributed by atoms with van der Waals surface area (Å²) in [7, 11) is -3.42. The van der Waals surface area contributed by atoms with Crippen molar-refractivity contribution in [1.82, 2.24) is 4.90 Å². The zero-order valence-corrected chi connectivity index (χ0v) is 16.4. The Morgan fingerprint density at radius 3 is 2.68 bits per heavy atom. The molecule has 0 bridgehead atoms. The number of carbonyl (C=O) groups is 2. The largest absolute Gasteiger partial charge is 0.486 e. The molecule has 3 aliphatic rings. The number of hydrogen-bond donors (Lipinski definition) is 4. The van der Waals surface area contributed by atoms with Gasteiger partial charge in [0.05, 0.1) is 19.7 Å². The van der Waals surface area contributed by atoms with Gasteiger partial charge in [-0.05, 0) is 38.8 Å². The van der Waals surface area contributed by atoms with E-state index < -0.39 is 27.9 Å². The van der Waals surface area contributed by atoms with E-state index >= 15 is 0 Å². The van der Waals surface area contributed by atoms with E-state index in [0.29, 0.717) is 5.56 Å². The highest BCUT2D eigenvalue weighted by atomic mass is 32.3. The normalized spacial score (nSPS) is 29.3. The molecule has 2 aliphatic heterocycles. The maximum atomic E-state index is 13.2. The van der Waals surface area contributed by atoms with E-state index in [-0.39, 0.29) is 53.3 Å². The number of likely N-dealkylation sites (tertiary alicyclic amines) is 1. The first-order valence-corrected chi connectivity index (χ1v) is 11.8. The quantitative estimate of drug-likeness (QED) is 0.483. The number of aliphatic hydroxyl groups is 1. The number of carboxylic acid groups (broad SMARTS) is 1. The number of fused-ring (bicyclic) bond motifs is 3. The van der Waals surface area contributed by atoms with E-state index in [0.717, 1.165) is 12.0 Å². The number of aliphatic hydroxyl groups excluding tert-OH is 1. The van der Waals surface area contributed by atoms with Crippen molar-refractivity contribution >= 4 is 21.1 Å². The number of nitrogens with zero attached hydrogens (tertiary/aromatic N) is 1. The van der Waals surface area contributed by atoms with Gasteiger partial charge in [0.15, 0.2) is 0 Å². The van der Waals surface area contributed by atoms with Gasteiger partial charge in [-0.15, -0.1) is 0 Å². The molecular weight excluding hydrogens is 386 g/mol. The van der Waals surface area contributed by atoms with Crippen LogP contribution in [0.5, 0.6) is 5.75 Å². The molecule has 1 saturated heterocycles. The molecule has 1 saturated carbocycles. The third-order valence-corrected chi connectivity index (χ3v) is 9.13. The van der Waals surface area contributed by atoms with Crippen molar-refractivity contribution in [2.75, 3.05) is 26.0 Å². The van der Waals surface area contributed by atoms with Crippen LogP contribution in [0.15, 0.2) is 12.1 Å². The third kappa shape index (κ3) is 3.00. The van der Waals surface area contributed by atoms with Crippen LogP contribution in [0, 0.1) is 0 Å². The van der Waals surface area contributed by atoms with Crippen molar-refractivity contribution in [3.05, 3.63) is 28.8 Å². The molecule has 3 atom stereocenters. The molecule has 1 aliphatic carbocycles. The second kappa shape index (κ2) is 5.99. The van der Waals surface area contributed by atoms with Gasteiger partial charge in [-0.1, -0.05) is 6.07 Å². The highest BCUT2D eigenvalue weighted by molar-refractivity contribution is 8.17. The van der Waals surface area contributed by atoms with Crippen LogP contribution >= 0.6 is 0 Å². The minimum absolute atomic E-state index is 0.00540. The van der Waals surface area contributed by atoms with Crippen LogP contribution in [0.1, 0.15) is 33.8 Å². The average Bonchev–Trinajstić information content (AvgIpc) is 3.37. The molecule has 0 aromatic heterocycles. The van der Waals surface area contributed by atoms with Crippen molar-refractivity contribution < 1.29 is 28.7 Å². The second-order valence-corrected chi connectivity index (χ2v) is 12.6. The molecule has 2 heterocycles. The van der Waals surface area contributed by atoms with Gasteiger partial charge in [0.2, 0.25) is 5.91 Å². The van der Waals surface area contributed by atoms with Gasteiger partial charge in [-0.25, -0.2) is 4.79 Å². The molecule has 154 valence electrons. The Morgan fingerprint density at radius 2 is 2.07 bits per heavy atom. The zero-order chi connectivity index (χ0) is 20.5. The fourth-order valence-electron chi connectivity index (χ4n) is 4.34. The van der Waals surface area contributed by atoms with Crippen LogP contribution in [-0.2, 0) is 19.8 Å². The van der Waals surface area contributed by atoms with Crippen molar-refractivity contribution in [3.63, 3.8) is 0 Å². The summed E-state index contributed by atoms with van der Waals surface area (Å²) in [6.45, 7) is 0.0863. The lowest BCUT2D eigenvalue weighted by Crippen LogP contribution is -2.60. The molecular formula is C18H25N3O6S. The number of carbonyl (C=O) groups excluding carboxylic acids is 1. The predicted octanol–water partition coefficient (Wildman–Crippen LogP) is -1.01. The lowest BCUT2D eigenvalue weighted by molar-refractivity contribution is -0.142. The highest BCUT2D eigenvalue weighted by Gasteiger charge is 2.58. The van der Waals surface area contributed by atoms with E-state index in [1.165, 1.54) is 4.90 Å². The molecule has 10 heteroatoms. The van der Waals surface area contributed by atoms with Crippen LogP contribution in [0.2, 0.25) is 0 Å². The molecule has 3 unspecified atom stereocenters. The second-order valence-electron chi connectivity index (χ2n) is 8.32. The van der Waals surface area contributed by atoms with Crippen LogP contribution in [-0.4, -0.2) is 74.5 Å². The smallest absolute Gasteiger partial charge is 0.339 e. The monoisotopic (exact) mass is 411 g/mol. The summed E-state index contributed by atoms with van der Waals surface area (Å²) in [5.41, 5.74) is 6.92. The number of amides is 1. The van der Waals surface area contributed by atoms with Gasteiger partial charge in [0.1, 0.15) is 23.5 Å². The van der Waals surface area contributed by atoms with Crippen LogP contribution in [0.4, 0.5) is 0 Å². The minimum Gasteiger partial charge on any atom is -0.486 e. The van der Waals surface area contributed by atoms with E-state index in [1.807, 2.05) is 6.07 Å². The lowest BCUT2D eigenvalue weighted by Gasteiger charge is -2.41. The summed E-state index contributed by atoms with van der Waals surface area (Å²) in [6, 6.07) is 2.51. The van der Waals surface area contributed by atoms with E-state index in [9.17, 15) is 18.9 Å². The van der Waals surface area contributed by atoms with Crippen molar-refractivity contribution in [1.29, 1.82) is 0 Å². The predicted molar refractivity (Wildman–Crippen MR) is 103 cm³/mol. The number of nitrogens with two attached hydrogens (primary N) is 2. The summed E-state index contributed by atoms with van der Waals surface area (Å²) >= 11 is 0. The van der Waals surface area contributed by atoms with Gasteiger partial charge < -0.3 is 25.6 Å². The Balaban J connectivity index is 1.57. The molecule has 1 amide bonds. The fraction of sp³-hybridized carbons (Fsp3) is 0.556. The fourth-order valence-corrected chi connectivity index (χ4v) is 7.36. The minimum atomic E-state index is -3.42. The first kappa shape index (κ1) is 19.3. The Hall–Kier alpha value is -2.01. The van der Waals surface area contributed by atoms with Crippen molar-refractivity contribution in [2.24, 2.45) is 10.9 Å². The topological polar surface area (TPSA) is 156 Å². The summed E-state index contributed by atoms with van der Waals surface area (Å²) in [5.74, 6) is -1.25. The Morgan fingerprint density at radius 1 is 1.39 bits per heavy atom. The average molecular weight is 411 g/mol. The number of carboxylic acids is 1. The molecule has 1 aromatic rings. The molecule has 0 spiro atoms. The third-order valence-electron chi connectivity index (χ3n) is 5.95. The Bertz CT molecular complexity index is 935. The molecule has 4 rings (SSSR count). The SMILES string of the molecule is CS1(N)(=O)Cc2c(ccc(OC3CN(C(=O)C(N)CO)C3)c2C(=O)O)C2CC21. The van der Waals surface area contributed by atoms with Crippen LogP contribution in [0.3, 0.4) is 0 Å². The first-order valence-electron chi connectivity index (χ1n) is 9.13. The molecule has 6 N–H and O–H groups in total. The highest BCUT2D eigenvalue weighted by Crippen LogP contribution is 2.58. The maximum absolute atomic E-state index is 13.2. The van der Waals surface area contributed by atoms with E-state index in [2.05, 4.69) is 0 Å². The number of hydrogen-bond acceptors (Lipinski definition) is 6. The zero-order valence-electron chi connectivity index (χ0n) is 15.5. The van der Waals surface area contributed by atoms with Crippen LogP contribution < -0.4 is 15.6 Å². The lowest BCUT2D eigenvalue weighted by atomic mass is 9.97. The number of rotatable bonds is 5. The van der Waals surface area contributed by atoms with Gasteiger partial charge in [-0.2, -0.15) is 0 Å². The molecule has 28 heavy (non-hydrogen) atoms. The molecule has 9 nitrogen and oxygen atoms in total. The number of benzene rings is 1. The molecule has 0 radical (unpaired) electrons. The van der Waals surface area contributed by atoms with Gasteiger partial charge >= 0.3 is 5.97 Å². The Labute approximate surface area is 162 Å². The van der Waals surface area contributed by atoms with Gasteiger partial charge in [0.25, 0.3) is 0 Å². The summed E-state index contributed by atoms with van der Waals surface area (Å²) in [4.78, 5) is 25.4. The van der Waals surface area contributed by atoms with E-state index in [1.54, 1.807) is 12.3 Å². The number of ether oxygens (including phenoxy) is 1. The Kier molecular flexibility index (Phi) is 4.13. The summed E-state index contributed by atoms with van der Waals surface area (Å²) in [6.07, 6.45) is 1.91.